The van der Waals surface area contributed by atoms with E-state index >= 15 is 0 Å². The number of fused-ring (bicyclic) bond motifs is 11. The number of benzene rings is 8. The highest BCUT2D eigenvalue weighted by molar-refractivity contribution is 6.03. The fourth-order valence-electron chi connectivity index (χ4n) is 9.19. The van der Waals surface area contributed by atoms with E-state index < -0.39 is 5.41 Å². The monoisotopic (exact) mass is 671 g/mol. The molecule has 0 bridgehead atoms. The fourth-order valence-corrected chi connectivity index (χ4v) is 9.19. The molecule has 53 heavy (non-hydrogen) atoms. The zero-order valence-electron chi connectivity index (χ0n) is 29.0. The van der Waals surface area contributed by atoms with Crippen molar-refractivity contribution < 1.29 is 0 Å². The second-order valence-electron chi connectivity index (χ2n) is 14.3. The highest BCUT2D eigenvalue weighted by Crippen LogP contribution is 2.64. The maximum absolute atomic E-state index is 5.33. The quantitative estimate of drug-likeness (QED) is 0.181. The molecule has 2 aliphatic rings. The third-order valence-corrected chi connectivity index (χ3v) is 11.5. The molecule has 1 aromatic heterocycles. The molecule has 11 rings (SSSR count). The van der Waals surface area contributed by atoms with Crippen LogP contribution in [0.4, 0.5) is 0 Å². The van der Waals surface area contributed by atoms with E-state index in [1.807, 2.05) is 0 Å². The summed E-state index contributed by atoms with van der Waals surface area (Å²) < 4.78 is 0. The van der Waals surface area contributed by atoms with Gasteiger partial charge in [0.1, 0.15) is 0 Å². The van der Waals surface area contributed by atoms with Gasteiger partial charge < -0.3 is 0 Å². The average Bonchev–Trinajstić information content (AvgIpc) is 3.70. The van der Waals surface area contributed by atoms with Gasteiger partial charge in [0.05, 0.1) is 16.8 Å². The van der Waals surface area contributed by atoms with Crippen molar-refractivity contribution in [3.8, 4) is 67.0 Å². The van der Waals surface area contributed by atoms with Gasteiger partial charge in [0.2, 0.25) is 0 Å². The summed E-state index contributed by atoms with van der Waals surface area (Å²) in [5.74, 6) is 0. The van der Waals surface area contributed by atoms with Crippen molar-refractivity contribution in [2.24, 2.45) is 0 Å². The Morgan fingerprint density at radius 3 is 1.58 bits per heavy atom. The minimum atomic E-state index is -0.431. The SMILES string of the molecule is c1ccc(-c2cccc(-c3cc(-c4cccc5c4-c4ccccc4C54c5ccccc5-c5cc6ccccc6cc54)cc(-c4ccccc4)n3)c2)cc1. The van der Waals surface area contributed by atoms with Crippen molar-refractivity contribution in [1.82, 2.24) is 4.98 Å². The molecule has 0 amide bonds. The van der Waals surface area contributed by atoms with Gasteiger partial charge in [-0.3, -0.25) is 0 Å². The second kappa shape index (κ2) is 11.6. The van der Waals surface area contributed by atoms with Crippen LogP contribution in [0.25, 0.3) is 77.8 Å². The molecule has 0 N–H and O–H groups in total. The molecular formula is C52H33N. The molecular weight excluding hydrogens is 639 g/mol. The molecule has 9 aromatic rings. The molecule has 1 heterocycles. The Kier molecular flexibility index (Phi) is 6.53. The number of hydrogen-bond donors (Lipinski definition) is 0. The molecule has 1 unspecified atom stereocenters. The van der Waals surface area contributed by atoms with Crippen LogP contribution in [0.15, 0.2) is 200 Å². The van der Waals surface area contributed by atoms with Crippen LogP contribution in [0, 0.1) is 0 Å². The first-order valence-corrected chi connectivity index (χ1v) is 18.4. The number of rotatable bonds is 4. The van der Waals surface area contributed by atoms with Crippen molar-refractivity contribution in [1.29, 1.82) is 0 Å². The lowest BCUT2D eigenvalue weighted by molar-refractivity contribution is 0.795. The topological polar surface area (TPSA) is 12.9 Å². The van der Waals surface area contributed by atoms with Crippen LogP contribution >= 0.6 is 0 Å². The summed E-state index contributed by atoms with van der Waals surface area (Å²) in [4.78, 5) is 5.33. The van der Waals surface area contributed by atoms with Gasteiger partial charge >= 0.3 is 0 Å². The summed E-state index contributed by atoms with van der Waals surface area (Å²) >= 11 is 0. The van der Waals surface area contributed by atoms with E-state index in [-0.39, 0.29) is 0 Å². The predicted molar refractivity (Wildman–Crippen MR) is 220 cm³/mol. The van der Waals surface area contributed by atoms with Crippen molar-refractivity contribution >= 4 is 10.8 Å². The molecule has 1 heteroatoms. The van der Waals surface area contributed by atoms with Gasteiger partial charge in [0.25, 0.3) is 0 Å². The van der Waals surface area contributed by atoms with Crippen LogP contribution in [0.2, 0.25) is 0 Å². The maximum Gasteiger partial charge on any atom is 0.0725 e. The first-order chi connectivity index (χ1) is 26.3. The molecule has 246 valence electrons. The molecule has 0 fully saturated rings. The molecule has 2 aliphatic carbocycles. The molecule has 1 atom stereocenters. The molecule has 0 saturated heterocycles. The average molecular weight is 672 g/mol. The standard InChI is InChI=1S/C52H33N/c1-3-15-34(16-4-1)36-21-13-22-39(29-36)50-33-40(32-49(53-50)35-17-5-2-6-18-35)41-25-14-28-47-51(41)43-24-10-12-27-46(43)52(47)45-26-11-9-23-42(45)44-30-37-19-7-8-20-38(37)31-48(44)52/h1-33H. The summed E-state index contributed by atoms with van der Waals surface area (Å²) in [7, 11) is 0. The lowest BCUT2D eigenvalue weighted by Gasteiger charge is -2.30. The van der Waals surface area contributed by atoms with E-state index in [1.54, 1.807) is 0 Å². The largest absolute Gasteiger partial charge is 0.248 e. The van der Waals surface area contributed by atoms with Gasteiger partial charge in [-0.15, -0.1) is 0 Å². The highest BCUT2D eigenvalue weighted by atomic mass is 14.7. The summed E-state index contributed by atoms with van der Waals surface area (Å²) in [5.41, 5.74) is 19.1. The van der Waals surface area contributed by atoms with Crippen molar-refractivity contribution in [2.45, 2.75) is 5.41 Å². The van der Waals surface area contributed by atoms with Crippen molar-refractivity contribution in [3.05, 3.63) is 222 Å². The van der Waals surface area contributed by atoms with Gasteiger partial charge in [0.15, 0.2) is 0 Å². The summed E-state index contributed by atoms with van der Waals surface area (Å²) in [6.07, 6.45) is 0. The molecule has 8 aromatic carbocycles. The molecule has 0 radical (unpaired) electrons. The van der Waals surface area contributed by atoms with Gasteiger partial charge in [-0.25, -0.2) is 4.98 Å². The van der Waals surface area contributed by atoms with Crippen LogP contribution in [-0.2, 0) is 5.41 Å². The maximum atomic E-state index is 5.33. The van der Waals surface area contributed by atoms with Crippen LogP contribution in [0.1, 0.15) is 22.3 Å². The van der Waals surface area contributed by atoms with Crippen LogP contribution < -0.4 is 0 Å². The van der Waals surface area contributed by atoms with Gasteiger partial charge in [0, 0.05) is 11.1 Å². The molecule has 1 spiro atoms. The van der Waals surface area contributed by atoms with Crippen molar-refractivity contribution in [2.75, 3.05) is 0 Å². The Balaban J connectivity index is 1.19. The van der Waals surface area contributed by atoms with E-state index in [4.69, 9.17) is 4.98 Å². The van der Waals surface area contributed by atoms with Crippen LogP contribution in [0.3, 0.4) is 0 Å². The van der Waals surface area contributed by atoms with E-state index in [0.29, 0.717) is 0 Å². The first kappa shape index (κ1) is 29.9. The zero-order chi connectivity index (χ0) is 34.9. The molecule has 0 aliphatic heterocycles. The number of aromatic nitrogens is 1. The number of pyridine rings is 1. The minimum absolute atomic E-state index is 0.431. The molecule has 0 saturated carbocycles. The predicted octanol–water partition coefficient (Wildman–Crippen LogP) is 13.2. The summed E-state index contributed by atoms with van der Waals surface area (Å²) in [6, 6.07) is 73.3. The summed E-state index contributed by atoms with van der Waals surface area (Å²) in [5, 5.41) is 2.54. The summed E-state index contributed by atoms with van der Waals surface area (Å²) in [6.45, 7) is 0. The van der Waals surface area contributed by atoms with Crippen LogP contribution in [0.5, 0.6) is 0 Å². The lowest BCUT2D eigenvalue weighted by atomic mass is 9.70. The van der Waals surface area contributed by atoms with Crippen LogP contribution in [-0.4, -0.2) is 4.98 Å². The second-order valence-corrected chi connectivity index (χ2v) is 14.3. The van der Waals surface area contributed by atoms with E-state index in [2.05, 4.69) is 200 Å². The van der Waals surface area contributed by atoms with Gasteiger partial charge in [-0.05, 0) is 108 Å². The Morgan fingerprint density at radius 2 is 0.811 bits per heavy atom. The van der Waals surface area contributed by atoms with E-state index in [9.17, 15) is 0 Å². The Bertz CT molecular complexity index is 2890. The Labute approximate surface area is 309 Å². The highest BCUT2D eigenvalue weighted by Gasteiger charge is 2.52. The van der Waals surface area contributed by atoms with Crippen molar-refractivity contribution in [3.63, 3.8) is 0 Å². The smallest absolute Gasteiger partial charge is 0.0725 e. The Morgan fingerprint density at radius 1 is 0.283 bits per heavy atom. The third-order valence-electron chi connectivity index (χ3n) is 11.5. The first-order valence-electron chi connectivity index (χ1n) is 18.4. The van der Waals surface area contributed by atoms with E-state index in [1.165, 1.54) is 72.0 Å². The van der Waals surface area contributed by atoms with Gasteiger partial charge in [-0.2, -0.15) is 0 Å². The van der Waals surface area contributed by atoms with E-state index in [0.717, 1.165) is 28.1 Å². The normalized spacial score (nSPS) is 14.9. The van der Waals surface area contributed by atoms with Gasteiger partial charge in [-0.1, -0.05) is 170 Å². The molecule has 1 nitrogen and oxygen atoms in total. The fraction of sp³-hybridized carbons (Fsp3) is 0.0192. The number of nitrogens with zero attached hydrogens (tertiary/aromatic N) is 1. The minimum Gasteiger partial charge on any atom is -0.248 e. The zero-order valence-corrected chi connectivity index (χ0v) is 29.0. The third kappa shape index (κ3) is 4.41. The number of hydrogen-bond acceptors (Lipinski definition) is 1. The Hall–Kier alpha value is -6.83. The lowest BCUT2D eigenvalue weighted by Crippen LogP contribution is -2.25.